The van der Waals surface area contributed by atoms with Gasteiger partial charge < -0.3 is 19.3 Å². The average molecular weight is 290 g/mol. The first-order valence-corrected chi connectivity index (χ1v) is 7.25. The number of benzene rings is 1. The smallest absolute Gasteiger partial charge is 0.134 e. The molecule has 0 bridgehead atoms. The number of rotatable bonds is 6. The summed E-state index contributed by atoms with van der Waals surface area (Å²) in [5.74, 6) is 7.21. The van der Waals surface area contributed by atoms with E-state index in [1.165, 1.54) is 0 Å². The predicted octanol–water partition coefficient (Wildman–Crippen LogP) is 1.98. The minimum atomic E-state index is 0.0710. The summed E-state index contributed by atoms with van der Waals surface area (Å²) in [7, 11) is 1.63. The largest absolute Gasteiger partial charge is 0.495 e. The zero-order valence-electron chi connectivity index (χ0n) is 12.4. The second-order valence-corrected chi connectivity index (χ2v) is 5.05. The Morgan fingerprint density at radius 2 is 2.33 bits per heavy atom. The summed E-state index contributed by atoms with van der Waals surface area (Å²) in [5.41, 5.74) is 1.90. The molecule has 0 radical (unpaired) electrons. The lowest BCUT2D eigenvalue weighted by atomic mass is 10.1. The van der Waals surface area contributed by atoms with E-state index in [-0.39, 0.29) is 6.61 Å². The molecular weight excluding hydrogens is 268 g/mol. The van der Waals surface area contributed by atoms with Crippen LogP contribution in [0.1, 0.15) is 24.0 Å². The molecule has 0 saturated carbocycles. The van der Waals surface area contributed by atoms with Gasteiger partial charge in [0.1, 0.15) is 5.75 Å². The third-order valence-corrected chi connectivity index (χ3v) is 3.37. The molecule has 1 N–H and O–H groups in total. The quantitative estimate of drug-likeness (QED) is 0.814. The van der Waals surface area contributed by atoms with Gasteiger partial charge in [-0.15, -0.1) is 0 Å². The Bertz CT molecular complexity index is 495. The van der Waals surface area contributed by atoms with Gasteiger partial charge in [-0.25, -0.2) is 0 Å². The lowest BCUT2D eigenvalue weighted by Crippen LogP contribution is -2.09. The molecule has 1 aliphatic rings. The molecule has 1 aromatic carbocycles. The van der Waals surface area contributed by atoms with Crippen LogP contribution in [-0.2, 0) is 16.1 Å². The summed E-state index contributed by atoms with van der Waals surface area (Å²) in [6.07, 6.45) is 1.55. The maximum Gasteiger partial charge on any atom is 0.134 e. The molecule has 1 unspecified atom stereocenters. The number of ether oxygens (including phenoxy) is 3. The van der Waals surface area contributed by atoms with Crippen LogP contribution >= 0.6 is 0 Å². The van der Waals surface area contributed by atoms with Crippen LogP contribution in [0.3, 0.4) is 0 Å². The maximum atomic E-state index is 8.78. The van der Waals surface area contributed by atoms with Crippen LogP contribution < -0.4 is 4.74 Å². The minimum absolute atomic E-state index is 0.0710. The van der Waals surface area contributed by atoms with Gasteiger partial charge in [0.25, 0.3) is 0 Å². The van der Waals surface area contributed by atoms with Crippen LogP contribution in [0.2, 0.25) is 0 Å². The fraction of sp³-hybridized carbons (Fsp3) is 0.529. The van der Waals surface area contributed by atoms with E-state index in [1.54, 1.807) is 7.11 Å². The van der Waals surface area contributed by atoms with Crippen molar-refractivity contribution in [2.24, 2.45) is 5.92 Å². The molecule has 0 aromatic heterocycles. The molecule has 21 heavy (non-hydrogen) atoms. The Morgan fingerprint density at radius 3 is 3.05 bits per heavy atom. The van der Waals surface area contributed by atoms with Gasteiger partial charge in [-0.2, -0.15) is 0 Å². The number of aliphatic hydroxyl groups excluding tert-OH is 1. The second-order valence-electron chi connectivity index (χ2n) is 5.05. The number of methoxy groups -OCH3 is 1. The average Bonchev–Trinajstić information content (AvgIpc) is 3.01. The second kappa shape index (κ2) is 8.68. The van der Waals surface area contributed by atoms with Gasteiger partial charge in [-0.3, -0.25) is 0 Å². The van der Waals surface area contributed by atoms with E-state index in [1.807, 2.05) is 18.2 Å². The molecular formula is C17H22O4. The van der Waals surface area contributed by atoms with Gasteiger partial charge >= 0.3 is 0 Å². The first kappa shape index (κ1) is 15.8. The van der Waals surface area contributed by atoms with E-state index in [9.17, 15) is 0 Å². The van der Waals surface area contributed by atoms with Crippen molar-refractivity contribution in [3.05, 3.63) is 29.3 Å². The van der Waals surface area contributed by atoms with Crippen molar-refractivity contribution < 1.29 is 19.3 Å². The Hall–Kier alpha value is -1.54. The highest BCUT2D eigenvalue weighted by molar-refractivity contribution is 5.48. The van der Waals surface area contributed by atoms with Crippen molar-refractivity contribution in [1.82, 2.24) is 0 Å². The maximum absolute atomic E-state index is 8.78. The number of hydrogen-bond acceptors (Lipinski definition) is 4. The Balaban J connectivity index is 1.93. The van der Waals surface area contributed by atoms with E-state index < -0.39 is 0 Å². The van der Waals surface area contributed by atoms with Crippen LogP contribution in [0.15, 0.2) is 18.2 Å². The first-order chi connectivity index (χ1) is 10.3. The van der Waals surface area contributed by atoms with Crippen molar-refractivity contribution in [3.63, 3.8) is 0 Å². The van der Waals surface area contributed by atoms with E-state index in [4.69, 9.17) is 19.3 Å². The zero-order valence-corrected chi connectivity index (χ0v) is 12.4. The molecule has 1 fully saturated rings. The molecule has 1 atom stereocenters. The molecule has 4 heteroatoms. The van der Waals surface area contributed by atoms with Gasteiger partial charge in [0.2, 0.25) is 0 Å². The van der Waals surface area contributed by atoms with Crippen LogP contribution in [-0.4, -0.2) is 38.6 Å². The molecule has 1 aromatic rings. The fourth-order valence-electron chi connectivity index (χ4n) is 2.21. The Morgan fingerprint density at radius 1 is 1.43 bits per heavy atom. The zero-order chi connectivity index (χ0) is 14.9. The van der Waals surface area contributed by atoms with Crippen LogP contribution in [0, 0.1) is 17.8 Å². The molecule has 1 aliphatic heterocycles. The molecule has 1 heterocycles. The van der Waals surface area contributed by atoms with E-state index in [0.29, 0.717) is 18.9 Å². The van der Waals surface area contributed by atoms with Gasteiger partial charge in [0, 0.05) is 18.9 Å². The van der Waals surface area contributed by atoms with Crippen molar-refractivity contribution in [3.8, 4) is 17.6 Å². The standard InChI is InChI=1S/C17H22O4/c1-19-17-6-5-14(10-16(17)4-2-3-8-18)11-21-13-15-7-9-20-12-15/h5-6,10,15,18H,3,7-9,11-13H2,1H3. The van der Waals surface area contributed by atoms with Gasteiger partial charge in [0.05, 0.1) is 39.1 Å². The van der Waals surface area contributed by atoms with E-state index >= 15 is 0 Å². The summed E-state index contributed by atoms with van der Waals surface area (Å²) in [5, 5.41) is 8.78. The summed E-state index contributed by atoms with van der Waals surface area (Å²) in [6, 6.07) is 5.87. The van der Waals surface area contributed by atoms with Crippen LogP contribution in [0.5, 0.6) is 5.75 Å². The number of aliphatic hydroxyl groups is 1. The third-order valence-electron chi connectivity index (χ3n) is 3.37. The summed E-state index contributed by atoms with van der Waals surface area (Å²) < 4.78 is 16.4. The van der Waals surface area contributed by atoms with E-state index in [2.05, 4.69) is 11.8 Å². The highest BCUT2D eigenvalue weighted by Crippen LogP contribution is 2.20. The molecule has 0 spiro atoms. The summed E-state index contributed by atoms with van der Waals surface area (Å²) in [6.45, 7) is 3.02. The SMILES string of the molecule is COc1ccc(COCC2CCOC2)cc1C#CCCO. The molecule has 0 aliphatic carbocycles. The van der Waals surface area contributed by atoms with Crippen LogP contribution in [0.4, 0.5) is 0 Å². The monoisotopic (exact) mass is 290 g/mol. The fourth-order valence-corrected chi connectivity index (χ4v) is 2.21. The van der Waals surface area contributed by atoms with E-state index in [0.717, 1.165) is 43.1 Å². The molecule has 1 saturated heterocycles. The van der Waals surface area contributed by atoms with Crippen molar-refractivity contribution >= 4 is 0 Å². The van der Waals surface area contributed by atoms with Gasteiger partial charge in [-0.1, -0.05) is 17.9 Å². The molecule has 114 valence electrons. The van der Waals surface area contributed by atoms with Crippen molar-refractivity contribution in [2.75, 3.05) is 33.5 Å². The van der Waals surface area contributed by atoms with Crippen LogP contribution in [0.25, 0.3) is 0 Å². The van der Waals surface area contributed by atoms with Crippen molar-refractivity contribution in [2.45, 2.75) is 19.4 Å². The molecule has 2 rings (SSSR count). The summed E-state index contributed by atoms with van der Waals surface area (Å²) >= 11 is 0. The Labute approximate surface area is 126 Å². The first-order valence-electron chi connectivity index (χ1n) is 7.25. The summed E-state index contributed by atoms with van der Waals surface area (Å²) in [4.78, 5) is 0. The van der Waals surface area contributed by atoms with Crippen molar-refractivity contribution in [1.29, 1.82) is 0 Å². The highest BCUT2D eigenvalue weighted by atomic mass is 16.5. The highest BCUT2D eigenvalue weighted by Gasteiger charge is 2.15. The normalized spacial score (nSPS) is 17.3. The van der Waals surface area contributed by atoms with Gasteiger partial charge in [0.15, 0.2) is 0 Å². The number of hydrogen-bond donors (Lipinski definition) is 1. The molecule has 4 nitrogen and oxygen atoms in total. The minimum Gasteiger partial charge on any atom is -0.495 e. The topological polar surface area (TPSA) is 47.9 Å². The molecule has 0 amide bonds. The Kier molecular flexibility index (Phi) is 6.55. The predicted molar refractivity (Wildman–Crippen MR) is 80.2 cm³/mol. The lowest BCUT2D eigenvalue weighted by Gasteiger charge is -2.10. The lowest BCUT2D eigenvalue weighted by molar-refractivity contribution is 0.0791. The third kappa shape index (κ3) is 5.05. The van der Waals surface area contributed by atoms with Gasteiger partial charge in [-0.05, 0) is 24.1 Å².